The van der Waals surface area contributed by atoms with E-state index in [-0.39, 0.29) is 54.5 Å². The molecule has 0 aliphatic carbocycles. The van der Waals surface area contributed by atoms with Crippen molar-refractivity contribution in [1.29, 1.82) is 0 Å². The number of aliphatic hydroxyl groups excluding tert-OH is 4. The lowest BCUT2D eigenvalue weighted by molar-refractivity contribution is -0.148. The average molecular weight is 1180 g/mol. The first-order chi connectivity index (χ1) is 38.1. The second kappa shape index (κ2) is 48.0. The molecule has 80 heavy (non-hydrogen) atoms. The molecule has 1 heterocycles. The van der Waals surface area contributed by atoms with E-state index < -0.39 is 24.4 Å². The minimum Gasteiger partial charge on any atom is -0.466 e. The van der Waals surface area contributed by atoms with E-state index in [2.05, 4.69) is 49.3 Å². The Labute approximate surface area is 492 Å². The number of hydrogen-bond acceptors (Lipinski definition) is 20. The molecule has 470 valence electrons. The first-order valence-electron chi connectivity index (χ1n) is 30.8. The molecule has 0 aromatic carbocycles. The van der Waals surface area contributed by atoms with Crippen molar-refractivity contribution in [2.75, 3.05) is 103 Å². The lowest BCUT2D eigenvalue weighted by atomic mass is 10.1. The van der Waals surface area contributed by atoms with Crippen LogP contribution in [0.1, 0.15) is 197 Å². The molecule has 4 N–H and O–H groups in total. The van der Waals surface area contributed by atoms with Crippen LogP contribution in [0.25, 0.3) is 0 Å². The van der Waals surface area contributed by atoms with Crippen molar-refractivity contribution in [2.24, 2.45) is 11.8 Å². The highest BCUT2D eigenvalue weighted by atomic mass is 33.1. The summed E-state index contributed by atoms with van der Waals surface area (Å²) in [5.74, 6) is 1.74. The summed E-state index contributed by atoms with van der Waals surface area (Å²) < 4.78 is 26.8. The van der Waals surface area contributed by atoms with Crippen molar-refractivity contribution in [3.63, 3.8) is 0 Å². The smallest absolute Gasteiger partial charge is 0.306 e. The van der Waals surface area contributed by atoms with Crippen LogP contribution in [0.3, 0.4) is 0 Å². The van der Waals surface area contributed by atoms with Gasteiger partial charge < -0.3 is 44.1 Å². The minimum atomic E-state index is -0.654. The lowest BCUT2D eigenvalue weighted by Gasteiger charge is -2.34. The van der Waals surface area contributed by atoms with Crippen molar-refractivity contribution in [2.45, 2.75) is 240 Å². The van der Waals surface area contributed by atoms with Crippen LogP contribution in [0, 0.1) is 11.8 Å². The molecular weight excluding hydrogens is 1060 g/mol. The van der Waals surface area contributed by atoms with E-state index in [1.807, 2.05) is 54.2 Å². The van der Waals surface area contributed by atoms with Crippen LogP contribution in [-0.4, -0.2) is 216 Å². The molecule has 18 nitrogen and oxygen atoms in total. The molecule has 1 aliphatic rings. The molecule has 20 heteroatoms. The summed E-state index contributed by atoms with van der Waals surface area (Å²) in [7, 11) is 3.72. The zero-order valence-corrected chi connectivity index (χ0v) is 53.0. The van der Waals surface area contributed by atoms with Gasteiger partial charge in [-0.15, -0.1) is 0 Å². The highest BCUT2D eigenvalue weighted by molar-refractivity contribution is 8.76. The third kappa shape index (κ3) is 45.2. The van der Waals surface area contributed by atoms with E-state index in [1.54, 1.807) is 0 Å². The van der Waals surface area contributed by atoms with Gasteiger partial charge in [-0.1, -0.05) is 75.0 Å². The average Bonchev–Trinajstić information content (AvgIpc) is 3.37. The van der Waals surface area contributed by atoms with Gasteiger partial charge >= 0.3 is 29.8 Å². The highest BCUT2D eigenvalue weighted by Gasteiger charge is 2.23. The fraction of sp³-hybridized carbons (Fsp3) is 0.917. The number of esters is 5. The fourth-order valence-corrected chi connectivity index (χ4v) is 11.4. The third-order valence-corrected chi connectivity index (χ3v) is 16.4. The third-order valence-electron chi connectivity index (χ3n) is 14.0. The van der Waals surface area contributed by atoms with Gasteiger partial charge in [0.1, 0.15) is 6.61 Å². The predicted octanol–water partition coefficient (Wildman–Crippen LogP) is 8.46. The monoisotopic (exact) mass is 1180 g/mol. The molecule has 5 atom stereocenters. The zero-order chi connectivity index (χ0) is 59.5. The SMILES string of the molecule is CC(C)CCOC(=O)CCCCC(O)CN(CCCC(=O)OCCN1CCN(CCSSCCC(C)N(CC(O)CCCCC(=O)OC(C)C)CC(O)CCCCC(=O)OC(C)C)CC1)CC(O)CCCCC(=O)OCCC(C)C. The molecule has 0 aromatic rings. The van der Waals surface area contributed by atoms with E-state index >= 15 is 0 Å². The van der Waals surface area contributed by atoms with Crippen LogP contribution < -0.4 is 0 Å². The van der Waals surface area contributed by atoms with Crippen LogP contribution >= 0.6 is 21.6 Å². The van der Waals surface area contributed by atoms with Crippen molar-refractivity contribution in [3.8, 4) is 0 Å². The Morgan fingerprint density at radius 3 is 1.20 bits per heavy atom. The summed E-state index contributed by atoms with van der Waals surface area (Å²) in [4.78, 5) is 70.0. The number of ether oxygens (including phenoxy) is 5. The molecule has 0 radical (unpaired) electrons. The Kier molecular flexibility index (Phi) is 45.5. The van der Waals surface area contributed by atoms with Crippen molar-refractivity contribution < 1.29 is 68.1 Å². The van der Waals surface area contributed by atoms with Gasteiger partial charge in [0.15, 0.2) is 0 Å². The van der Waals surface area contributed by atoms with Crippen LogP contribution in [-0.2, 0) is 47.7 Å². The zero-order valence-electron chi connectivity index (χ0n) is 51.3. The number of unbranched alkanes of at least 4 members (excludes halogenated alkanes) is 4. The molecule has 0 spiro atoms. The summed E-state index contributed by atoms with van der Waals surface area (Å²) in [5.41, 5.74) is 0. The fourth-order valence-electron chi connectivity index (χ4n) is 9.13. The molecule has 1 rings (SSSR count). The van der Waals surface area contributed by atoms with Crippen LogP contribution in [0.5, 0.6) is 0 Å². The van der Waals surface area contributed by atoms with Crippen LogP contribution in [0.2, 0.25) is 0 Å². The number of aliphatic hydroxyl groups is 4. The first kappa shape index (κ1) is 75.7. The highest BCUT2D eigenvalue weighted by Crippen LogP contribution is 2.24. The maximum absolute atomic E-state index is 12.8. The Bertz CT molecular complexity index is 1510. The predicted molar refractivity (Wildman–Crippen MR) is 321 cm³/mol. The Morgan fingerprint density at radius 2 is 0.787 bits per heavy atom. The summed E-state index contributed by atoms with van der Waals surface area (Å²) in [6.07, 6.45) is 9.32. The largest absolute Gasteiger partial charge is 0.466 e. The lowest BCUT2D eigenvalue weighted by Crippen LogP contribution is -2.47. The molecule has 1 aliphatic heterocycles. The van der Waals surface area contributed by atoms with E-state index in [4.69, 9.17) is 23.7 Å². The van der Waals surface area contributed by atoms with Gasteiger partial charge in [0.25, 0.3) is 0 Å². The number of carbonyl (C=O) groups excluding carboxylic acids is 5. The maximum Gasteiger partial charge on any atom is 0.306 e. The Morgan fingerprint density at radius 1 is 0.425 bits per heavy atom. The van der Waals surface area contributed by atoms with Crippen LogP contribution in [0.15, 0.2) is 0 Å². The molecular formula is C60H114N4O14S2. The van der Waals surface area contributed by atoms with Gasteiger partial charge in [-0.25, -0.2) is 0 Å². The molecule has 1 fully saturated rings. The number of rotatable bonds is 51. The van der Waals surface area contributed by atoms with Crippen LogP contribution in [0.4, 0.5) is 0 Å². The number of nitrogens with zero attached hydrogens (tertiary/aromatic N) is 4. The summed E-state index contributed by atoms with van der Waals surface area (Å²) in [6, 6.07) is 0.140. The Balaban J connectivity index is 2.49. The molecule has 0 bridgehead atoms. The van der Waals surface area contributed by atoms with E-state index in [0.29, 0.717) is 180 Å². The molecule has 0 saturated carbocycles. The van der Waals surface area contributed by atoms with Gasteiger partial charge in [-0.05, 0) is 130 Å². The molecule has 0 amide bonds. The van der Waals surface area contributed by atoms with Crippen molar-refractivity contribution in [1.82, 2.24) is 19.6 Å². The molecule has 5 unspecified atom stereocenters. The standard InChI is InChI=1S/C60H114N4O14S2/c1-47(2)28-38-74-56(69)23-14-10-19-52(65)43-63(44-53(66)20-11-15-24-57(70)75-39-29-48(3)4)31-18-27-58(71)76-40-36-61-32-34-62(35-33-61)37-42-80-79-41-30-51(9)64(45-54(67)21-12-16-25-59(72)77-49(5)6)46-55(68)22-13-17-26-60(73)78-50(7)8/h47-55,65-68H,10-46H2,1-9H3. The first-order valence-corrected chi connectivity index (χ1v) is 33.3. The topological polar surface area (TPSA) is 225 Å². The maximum atomic E-state index is 12.8. The number of carbonyl (C=O) groups is 5. The van der Waals surface area contributed by atoms with Crippen molar-refractivity contribution in [3.05, 3.63) is 0 Å². The second-order valence-electron chi connectivity index (χ2n) is 23.5. The second-order valence-corrected chi connectivity index (χ2v) is 26.2. The van der Waals surface area contributed by atoms with Gasteiger partial charge in [0.05, 0.1) is 49.8 Å². The summed E-state index contributed by atoms with van der Waals surface area (Å²) in [6.45, 7) is 26.4. The molecule has 1 saturated heterocycles. The summed E-state index contributed by atoms with van der Waals surface area (Å²) in [5, 5.41) is 43.9. The van der Waals surface area contributed by atoms with Gasteiger partial charge in [-0.3, -0.25) is 43.6 Å². The Hall–Kier alpha value is -2.27. The van der Waals surface area contributed by atoms with Gasteiger partial charge in [0.2, 0.25) is 0 Å². The van der Waals surface area contributed by atoms with E-state index in [0.717, 1.165) is 63.5 Å². The quantitative estimate of drug-likeness (QED) is 0.0194. The molecule has 0 aromatic heterocycles. The van der Waals surface area contributed by atoms with Crippen molar-refractivity contribution >= 4 is 51.4 Å². The summed E-state index contributed by atoms with van der Waals surface area (Å²) >= 11 is 0. The van der Waals surface area contributed by atoms with Gasteiger partial charge in [0, 0.05) is 115 Å². The van der Waals surface area contributed by atoms with E-state index in [1.165, 1.54) is 0 Å². The minimum absolute atomic E-state index is 0.140. The van der Waals surface area contributed by atoms with Gasteiger partial charge in [-0.2, -0.15) is 0 Å². The van der Waals surface area contributed by atoms with E-state index in [9.17, 15) is 44.4 Å². The number of hydrogen-bond donors (Lipinski definition) is 4. The number of piperazine rings is 1. The normalized spacial score (nSPS) is 15.4.